The van der Waals surface area contributed by atoms with Gasteiger partial charge in [0.15, 0.2) is 5.76 Å². The fourth-order valence-corrected chi connectivity index (χ4v) is 5.12. The number of amides is 2. The molecular weight excluding hydrogens is 470 g/mol. The van der Waals surface area contributed by atoms with Crippen molar-refractivity contribution in [2.24, 2.45) is 0 Å². The molecule has 2 amide bonds. The highest BCUT2D eigenvalue weighted by Gasteiger charge is 2.36. The van der Waals surface area contributed by atoms with Crippen molar-refractivity contribution in [3.05, 3.63) is 78.3 Å². The lowest BCUT2D eigenvalue weighted by Gasteiger charge is -2.33. The Labute approximate surface area is 217 Å². The molecule has 5 rings (SSSR count). The van der Waals surface area contributed by atoms with Gasteiger partial charge in [0.1, 0.15) is 11.8 Å². The van der Waals surface area contributed by atoms with Gasteiger partial charge in [0, 0.05) is 36.6 Å². The molecule has 8 nitrogen and oxygen atoms in total. The molecule has 1 saturated heterocycles. The number of carbonyl (C=O) groups is 2. The lowest BCUT2D eigenvalue weighted by molar-refractivity contribution is -0.123. The second-order valence-electron chi connectivity index (χ2n) is 9.44. The van der Waals surface area contributed by atoms with Crippen LogP contribution in [0.5, 0.6) is 5.75 Å². The van der Waals surface area contributed by atoms with Crippen molar-refractivity contribution in [1.82, 2.24) is 5.32 Å². The summed E-state index contributed by atoms with van der Waals surface area (Å²) in [5, 5.41) is 3.21. The number of morpholine rings is 1. The van der Waals surface area contributed by atoms with Crippen LogP contribution in [0.3, 0.4) is 0 Å². The summed E-state index contributed by atoms with van der Waals surface area (Å²) in [6.07, 6.45) is 5.53. The summed E-state index contributed by atoms with van der Waals surface area (Å²) in [7, 11) is 1.58. The molecule has 2 aliphatic rings. The summed E-state index contributed by atoms with van der Waals surface area (Å²) in [5.41, 5.74) is 2.33. The summed E-state index contributed by atoms with van der Waals surface area (Å²) in [4.78, 5) is 31.6. The quantitative estimate of drug-likeness (QED) is 0.485. The zero-order chi connectivity index (χ0) is 25.6. The second kappa shape index (κ2) is 11.5. The van der Waals surface area contributed by atoms with Crippen LogP contribution in [0.1, 0.15) is 47.8 Å². The molecule has 0 spiro atoms. The molecule has 3 aromatic rings. The first-order chi connectivity index (χ1) is 18.1. The third kappa shape index (κ3) is 5.64. The predicted octanol–water partition coefficient (Wildman–Crippen LogP) is 4.57. The highest BCUT2D eigenvalue weighted by atomic mass is 16.5. The molecule has 8 heteroatoms. The summed E-state index contributed by atoms with van der Waals surface area (Å²) in [6.45, 7) is 3.01. The van der Waals surface area contributed by atoms with Crippen molar-refractivity contribution in [2.45, 2.75) is 37.8 Å². The van der Waals surface area contributed by atoms with E-state index < -0.39 is 11.9 Å². The Kier molecular flexibility index (Phi) is 7.75. The molecule has 194 valence electrons. The van der Waals surface area contributed by atoms with Gasteiger partial charge in [0.2, 0.25) is 5.91 Å². The van der Waals surface area contributed by atoms with Gasteiger partial charge in [-0.15, -0.1) is 0 Å². The number of hydrogen-bond donors (Lipinski definition) is 1. The topological polar surface area (TPSA) is 84.2 Å². The Hall–Kier alpha value is -3.78. The van der Waals surface area contributed by atoms with E-state index in [0.717, 1.165) is 50.0 Å². The smallest absolute Gasteiger partial charge is 0.294 e. The fourth-order valence-electron chi connectivity index (χ4n) is 5.12. The average Bonchev–Trinajstić information content (AvgIpc) is 3.67. The lowest BCUT2D eigenvalue weighted by atomic mass is 10.0. The van der Waals surface area contributed by atoms with Crippen LogP contribution in [0.4, 0.5) is 11.4 Å². The molecule has 0 radical (unpaired) electrons. The maximum Gasteiger partial charge on any atom is 0.294 e. The first-order valence-electron chi connectivity index (χ1n) is 12.9. The van der Waals surface area contributed by atoms with E-state index in [1.165, 1.54) is 11.2 Å². The van der Waals surface area contributed by atoms with Crippen LogP contribution >= 0.6 is 0 Å². The molecule has 1 saturated carbocycles. The lowest BCUT2D eigenvalue weighted by Crippen LogP contribution is -2.46. The van der Waals surface area contributed by atoms with Gasteiger partial charge in [0.25, 0.3) is 5.91 Å². The number of nitrogens with zero attached hydrogens (tertiary/aromatic N) is 2. The van der Waals surface area contributed by atoms with Crippen molar-refractivity contribution in [3.63, 3.8) is 0 Å². The van der Waals surface area contributed by atoms with Gasteiger partial charge in [-0.2, -0.15) is 0 Å². The van der Waals surface area contributed by atoms with E-state index in [1.54, 1.807) is 31.4 Å². The summed E-state index contributed by atoms with van der Waals surface area (Å²) in [6, 6.07) is 17.6. The van der Waals surface area contributed by atoms with Gasteiger partial charge in [-0.3, -0.25) is 14.5 Å². The van der Waals surface area contributed by atoms with Gasteiger partial charge >= 0.3 is 0 Å². The van der Waals surface area contributed by atoms with Crippen LogP contribution < -0.4 is 19.9 Å². The summed E-state index contributed by atoms with van der Waals surface area (Å²) >= 11 is 0. The maximum atomic E-state index is 13.9. The van der Waals surface area contributed by atoms with Crippen molar-refractivity contribution in [2.75, 3.05) is 43.2 Å². The Morgan fingerprint density at radius 1 is 1.03 bits per heavy atom. The third-order valence-corrected chi connectivity index (χ3v) is 7.08. The van der Waals surface area contributed by atoms with E-state index >= 15 is 0 Å². The minimum absolute atomic E-state index is 0.105. The number of methoxy groups -OCH3 is 1. The van der Waals surface area contributed by atoms with Crippen LogP contribution in [-0.4, -0.2) is 51.3 Å². The molecular formula is C29H33N3O5. The number of rotatable bonds is 8. The molecule has 2 heterocycles. The summed E-state index contributed by atoms with van der Waals surface area (Å²) < 4.78 is 16.4. The number of ether oxygens (including phenoxy) is 2. The number of carbonyl (C=O) groups excluding carboxylic acids is 2. The van der Waals surface area contributed by atoms with Crippen molar-refractivity contribution >= 4 is 23.2 Å². The Morgan fingerprint density at radius 2 is 1.78 bits per heavy atom. The maximum absolute atomic E-state index is 13.9. The number of anilines is 2. The Balaban J connectivity index is 1.55. The average molecular weight is 504 g/mol. The highest BCUT2D eigenvalue weighted by Crippen LogP contribution is 2.33. The van der Waals surface area contributed by atoms with Crippen LogP contribution in [0.25, 0.3) is 0 Å². The van der Waals surface area contributed by atoms with Crippen molar-refractivity contribution in [1.29, 1.82) is 0 Å². The minimum Gasteiger partial charge on any atom is -0.497 e. The van der Waals surface area contributed by atoms with Crippen molar-refractivity contribution in [3.8, 4) is 5.75 Å². The third-order valence-electron chi connectivity index (χ3n) is 7.08. The van der Waals surface area contributed by atoms with Gasteiger partial charge in [-0.25, -0.2) is 0 Å². The second-order valence-corrected chi connectivity index (χ2v) is 9.44. The van der Waals surface area contributed by atoms with Gasteiger partial charge in [-0.1, -0.05) is 31.0 Å². The predicted molar refractivity (Wildman–Crippen MR) is 141 cm³/mol. The minimum atomic E-state index is -0.899. The number of nitrogens with one attached hydrogen (secondary N) is 1. The van der Waals surface area contributed by atoms with E-state index in [0.29, 0.717) is 24.7 Å². The Bertz CT molecular complexity index is 1180. The number of hydrogen-bond acceptors (Lipinski definition) is 6. The van der Waals surface area contributed by atoms with Crippen LogP contribution in [0.15, 0.2) is 71.3 Å². The Morgan fingerprint density at radius 3 is 2.46 bits per heavy atom. The zero-order valence-corrected chi connectivity index (χ0v) is 21.1. The van der Waals surface area contributed by atoms with E-state index in [1.807, 2.05) is 36.4 Å². The van der Waals surface area contributed by atoms with E-state index in [9.17, 15) is 9.59 Å². The molecule has 1 aromatic heterocycles. The molecule has 0 unspecified atom stereocenters. The van der Waals surface area contributed by atoms with E-state index in [4.69, 9.17) is 13.9 Å². The molecule has 1 aliphatic heterocycles. The van der Waals surface area contributed by atoms with Crippen LogP contribution in [0, 0.1) is 0 Å². The standard InChI is InChI=1S/C29H33N3O5/c1-35-25-9-4-8-24(20-25)32(29(34)26-10-5-17-37-26)27(28(33)30-22-6-2-3-7-22)21-11-13-23(14-12-21)31-15-18-36-19-16-31/h4-5,8-14,17,20,22,27H,2-3,6-7,15-16,18-19H2,1H3,(H,30,33)/t27-/m0/s1. The SMILES string of the molecule is COc1cccc(N(C(=O)c2ccco2)[C@H](C(=O)NC2CCCC2)c2ccc(N3CCOCC3)cc2)c1. The molecule has 1 N–H and O–H groups in total. The van der Waals surface area contributed by atoms with Crippen LogP contribution in [-0.2, 0) is 9.53 Å². The number of benzene rings is 2. The van der Waals surface area contributed by atoms with E-state index in [-0.39, 0.29) is 17.7 Å². The first-order valence-corrected chi connectivity index (χ1v) is 12.9. The normalized spacial score (nSPS) is 16.8. The molecule has 37 heavy (non-hydrogen) atoms. The molecule has 2 aromatic carbocycles. The highest BCUT2D eigenvalue weighted by molar-refractivity contribution is 6.08. The van der Waals surface area contributed by atoms with Crippen LogP contribution in [0.2, 0.25) is 0 Å². The van der Waals surface area contributed by atoms with Crippen molar-refractivity contribution < 1.29 is 23.5 Å². The number of furan rings is 1. The largest absolute Gasteiger partial charge is 0.497 e. The molecule has 0 bridgehead atoms. The summed E-state index contributed by atoms with van der Waals surface area (Å²) in [5.74, 6) is 0.134. The molecule has 2 fully saturated rings. The van der Waals surface area contributed by atoms with Gasteiger partial charge < -0.3 is 24.1 Å². The molecule has 1 atom stereocenters. The van der Waals surface area contributed by atoms with Gasteiger partial charge in [-0.05, 0) is 54.8 Å². The first kappa shape index (κ1) is 24.9. The molecule has 1 aliphatic carbocycles. The fraction of sp³-hybridized carbons (Fsp3) is 0.379. The monoisotopic (exact) mass is 503 g/mol. The van der Waals surface area contributed by atoms with E-state index in [2.05, 4.69) is 10.2 Å². The van der Waals surface area contributed by atoms with Gasteiger partial charge in [0.05, 0.1) is 26.6 Å². The zero-order valence-electron chi connectivity index (χ0n) is 21.1.